The summed E-state index contributed by atoms with van der Waals surface area (Å²) in [5.74, 6) is 1.92. The van der Waals surface area contributed by atoms with Gasteiger partial charge in [0.05, 0.1) is 46.2 Å². The van der Waals surface area contributed by atoms with Crippen LogP contribution in [0.4, 0.5) is 10.1 Å². The molecule has 3 aliphatic heterocycles. The molecule has 0 radical (unpaired) electrons. The summed E-state index contributed by atoms with van der Waals surface area (Å²) in [6.45, 7) is 2.23. The normalized spacial score (nSPS) is 25.4. The summed E-state index contributed by atoms with van der Waals surface area (Å²) >= 11 is 0. The maximum Gasteiger partial charge on any atom is 0.186 e. The van der Waals surface area contributed by atoms with Crippen molar-refractivity contribution in [1.82, 2.24) is 29.6 Å². The van der Waals surface area contributed by atoms with Crippen LogP contribution in [-0.2, 0) is 0 Å². The van der Waals surface area contributed by atoms with Crippen molar-refractivity contribution in [3.05, 3.63) is 89.3 Å². The minimum absolute atomic E-state index is 0.164. The lowest BCUT2D eigenvalue weighted by molar-refractivity contribution is 0.307. The molecule has 0 bridgehead atoms. The molecule has 0 spiro atoms. The number of nitrogens with zero attached hydrogens (tertiary/aromatic N) is 5. The van der Waals surface area contributed by atoms with E-state index in [9.17, 15) is 4.39 Å². The molecule has 8 rings (SSSR count). The molecule has 2 aromatic heterocycles. The molecule has 42 heavy (non-hydrogen) atoms. The van der Waals surface area contributed by atoms with Gasteiger partial charge >= 0.3 is 0 Å². The molecule has 4 atom stereocenters. The molecule has 7 nitrogen and oxygen atoms in total. The van der Waals surface area contributed by atoms with Crippen molar-refractivity contribution in [2.75, 3.05) is 25.0 Å². The Balaban J connectivity index is 1.15. The van der Waals surface area contributed by atoms with E-state index in [1.807, 2.05) is 12.1 Å². The van der Waals surface area contributed by atoms with Gasteiger partial charge in [-0.25, -0.2) is 14.4 Å². The average molecular weight is 562 g/mol. The number of hydrogen-bond acceptors (Lipinski definition) is 5. The highest BCUT2D eigenvalue weighted by Crippen LogP contribution is 2.47. The SMILES string of the molecule is BN1CCCC1c1nc2cc(C3CCC(c4ccc5[nH]c(C6CCCN6C)nc5c4)N3c3ccc(F)cc3)ccc2[nH]1. The first-order chi connectivity index (χ1) is 20.5. The lowest BCUT2D eigenvalue weighted by Gasteiger charge is -2.33. The number of halogens is 1. The standard InChI is InChI=1S/C33H37BFN7/c1-40-16-2-4-30(40)32-36-24-12-6-20(18-26(24)38-32)28-14-15-29(42(28)23-10-8-22(35)9-11-23)21-7-13-25-27(19-21)39-33(37-25)31-5-3-17-41(31)34/h6-13,18-19,28-31H,2-5,14-17,34H2,1H3,(H,36,38)(H,37,39). The molecule has 9 heteroatoms. The van der Waals surface area contributed by atoms with E-state index in [4.69, 9.17) is 9.97 Å². The van der Waals surface area contributed by atoms with Crippen LogP contribution in [0.15, 0.2) is 60.7 Å². The second-order valence-electron chi connectivity index (χ2n) is 12.6. The summed E-state index contributed by atoms with van der Waals surface area (Å²) in [4.78, 5) is 24.6. The van der Waals surface area contributed by atoms with Crippen LogP contribution >= 0.6 is 0 Å². The Labute approximate surface area is 246 Å². The van der Waals surface area contributed by atoms with Gasteiger partial charge in [0.1, 0.15) is 17.5 Å². The smallest absolute Gasteiger partial charge is 0.186 e. The topological polar surface area (TPSA) is 67.1 Å². The van der Waals surface area contributed by atoms with Crippen LogP contribution in [0.25, 0.3) is 22.1 Å². The summed E-state index contributed by atoms with van der Waals surface area (Å²) in [5, 5.41) is 0. The number of aromatic nitrogens is 4. The van der Waals surface area contributed by atoms with Gasteiger partial charge in [-0.2, -0.15) is 0 Å². The molecule has 3 aliphatic rings. The Hall–Kier alpha value is -3.69. The van der Waals surface area contributed by atoms with Gasteiger partial charge in [0.15, 0.2) is 7.98 Å². The number of fused-ring (bicyclic) bond motifs is 2. The monoisotopic (exact) mass is 561 g/mol. The minimum atomic E-state index is -0.212. The Bertz CT molecular complexity index is 1640. The fourth-order valence-corrected chi connectivity index (χ4v) is 7.77. The van der Waals surface area contributed by atoms with Gasteiger partial charge < -0.3 is 19.7 Å². The number of anilines is 1. The molecule has 0 aliphatic carbocycles. The van der Waals surface area contributed by atoms with Gasteiger partial charge in [-0.1, -0.05) is 12.1 Å². The van der Waals surface area contributed by atoms with Crippen LogP contribution in [0.3, 0.4) is 0 Å². The van der Waals surface area contributed by atoms with Crippen LogP contribution in [-0.4, -0.2) is 57.8 Å². The minimum Gasteiger partial charge on any atom is -0.357 e. The molecule has 214 valence electrons. The molecule has 5 aromatic rings. The third kappa shape index (κ3) is 4.41. The maximum atomic E-state index is 14.0. The molecule has 3 fully saturated rings. The van der Waals surface area contributed by atoms with Gasteiger partial charge in [0, 0.05) is 5.69 Å². The second-order valence-corrected chi connectivity index (χ2v) is 12.6. The molecular weight excluding hydrogens is 524 g/mol. The van der Waals surface area contributed by atoms with Crippen molar-refractivity contribution in [2.24, 2.45) is 0 Å². The third-order valence-electron chi connectivity index (χ3n) is 10.0. The summed E-state index contributed by atoms with van der Waals surface area (Å²) in [6, 6.07) is 21.4. The number of imidazole rings is 2. The van der Waals surface area contributed by atoms with E-state index < -0.39 is 0 Å². The number of nitrogens with one attached hydrogen (secondary N) is 2. The lowest BCUT2D eigenvalue weighted by Crippen LogP contribution is -2.26. The quantitative estimate of drug-likeness (QED) is 0.254. The Morgan fingerprint density at radius 2 is 1.29 bits per heavy atom. The molecule has 0 amide bonds. The van der Waals surface area contributed by atoms with Crippen LogP contribution in [0.2, 0.25) is 0 Å². The maximum absolute atomic E-state index is 14.0. The molecule has 5 heterocycles. The highest BCUT2D eigenvalue weighted by molar-refractivity contribution is 6.04. The number of aromatic amines is 2. The van der Waals surface area contributed by atoms with E-state index in [1.54, 1.807) is 12.1 Å². The van der Waals surface area contributed by atoms with Crippen molar-refractivity contribution in [3.63, 3.8) is 0 Å². The molecule has 3 aromatic carbocycles. The molecule has 4 unspecified atom stereocenters. The summed E-state index contributed by atoms with van der Waals surface area (Å²) in [6.07, 6.45) is 6.72. The van der Waals surface area contributed by atoms with Gasteiger partial charge in [0.2, 0.25) is 0 Å². The zero-order valence-corrected chi connectivity index (χ0v) is 24.4. The molecular formula is C33H37BFN7. The highest BCUT2D eigenvalue weighted by Gasteiger charge is 2.36. The average Bonchev–Trinajstić information content (AvgIpc) is 3.82. The van der Waals surface area contributed by atoms with E-state index in [2.05, 4.69) is 76.0 Å². The zero-order chi connectivity index (χ0) is 28.4. The van der Waals surface area contributed by atoms with Gasteiger partial charge in [-0.05, 0) is 118 Å². The van der Waals surface area contributed by atoms with Crippen LogP contribution in [0.5, 0.6) is 0 Å². The van der Waals surface area contributed by atoms with Crippen molar-refractivity contribution in [1.29, 1.82) is 0 Å². The van der Waals surface area contributed by atoms with E-state index >= 15 is 0 Å². The first kappa shape index (κ1) is 26.0. The first-order valence-electron chi connectivity index (χ1n) is 15.5. The zero-order valence-electron chi connectivity index (χ0n) is 24.4. The molecule has 0 saturated carbocycles. The highest BCUT2D eigenvalue weighted by atomic mass is 19.1. The first-order valence-corrected chi connectivity index (χ1v) is 15.5. The van der Waals surface area contributed by atoms with Crippen LogP contribution < -0.4 is 4.90 Å². The largest absolute Gasteiger partial charge is 0.357 e. The van der Waals surface area contributed by atoms with Gasteiger partial charge in [-0.15, -0.1) is 0 Å². The molecule has 3 saturated heterocycles. The van der Waals surface area contributed by atoms with Crippen LogP contribution in [0.1, 0.15) is 85.5 Å². The Morgan fingerprint density at radius 3 is 1.83 bits per heavy atom. The Morgan fingerprint density at radius 1 is 0.714 bits per heavy atom. The summed E-state index contributed by atoms with van der Waals surface area (Å²) in [5.41, 5.74) is 7.75. The van der Waals surface area contributed by atoms with Crippen LogP contribution in [0, 0.1) is 5.82 Å². The number of H-pyrrole nitrogens is 2. The number of benzene rings is 3. The predicted molar refractivity (Wildman–Crippen MR) is 168 cm³/mol. The number of likely N-dealkylation sites (tertiary alicyclic amines) is 1. The van der Waals surface area contributed by atoms with Crippen molar-refractivity contribution >= 4 is 35.7 Å². The van der Waals surface area contributed by atoms with E-state index in [0.29, 0.717) is 12.1 Å². The fourth-order valence-electron chi connectivity index (χ4n) is 7.77. The fraction of sp³-hybridized carbons (Fsp3) is 0.394. The van der Waals surface area contributed by atoms with E-state index in [1.165, 1.54) is 24.0 Å². The molecule has 2 N–H and O–H groups in total. The van der Waals surface area contributed by atoms with Crippen molar-refractivity contribution in [3.8, 4) is 0 Å². The number of rotatable bonds is 5. The third-order valence-corrected chi connectivity index (χ3v) is 10.0. The van der Waals surface area contributed by atoms with Gasteiger partial charge in [0.25, 0.3) is 0 Å². The lowest BCUT2D eigenvalue weighted by atomic mass is 10.0. The van der Waals surface area contributed by atoms with Crippen molar-refractivity contribution in [2.45, 2.75) is 62.7 Å². The van der Waals surface area contributed by atoms with E-state index in [0.717, 1.165) is 78.2 Å². The van der Waals surface area contributed by atoms with E-state index in [-0.39, 0.29) is 17.9 Å². The predicted octanol–water partition coefficient (Wildman–Crippen LogP) is 6.11. The van der Waals surface area contributed by atoms with Gasteiger partial charge in [-0.3, -0.25) is 4.90 Å². The number of hydrogen-bond donors (Lipinski definition) is 2. The summed E-state index contributed by atoms with van der Waals surface area (Å²) < 4.78 is 14.0. The second kappa shape index (κ2) is 10.2. The summed E-state index contributed by atoms with van der Waals surface area (Å²) in [7, 11) is 4.37. The Kier molecular flexibility index (Phi) is 6.34. The van der Waals surface area contributed by atoms with Crippen molar-refractivity contribution < 1.29 is 4.39 Å².